The van der Waals surface area contributed by atoms with E-state index < -0.39 is 0 Å². The van der Waals surface area contributed by atoms with E-state index in [9.17, 15) is 4.39 Å². The average Bonchev–Trinajstić information content (AvgIpc) is 2.49. The van der Waals surface area contributed by atoms with Crippen molar-refractivity contribution in [2.75, 3.05) is 13.7 Å². The Kier molecular flexibility index (Phi) is 5.07. The fourth-order valence-electron chi connectivity index (χ4n) is 1.96. The number of ether oxygens (including phenoxy) is 1. The number of pyridine rings is 1. The number of nitrogens with one attached hydrogen (secondary N) is 1. The third-order valence-electron chi connectivity index (χ3n) is 3.07. The quantitative estimate of drug-likeness (QED) is 0.820. The molecule has 0 aliphatic carbocycles. The van der Waals surface area contributed by atoms with Crippen molar-refractivity contribution < 1.29 is 9.13 Å². The molecule has 106 valence electrons. The molecule has 0 aliphatic rings. The second kappa shape index (κ2) is 7.01. The number of benzene rings is 1. The SMILES string of the molecule is CCCNCc1cc(-c2ccc(OC)nc2)ccc1F. The van der Waals surface area contributed by atoms with Gasteiger partial charge in [0.25, 0.3) is 0 Å². The molecule has 3 nitrogen and oxygen atoms in total. The number of nitrogens with zero attached hydrogens (tertiary/aromatic N) is 1. The van der Waals surface area contributed by atoms with Gasteiger partial charge in [-0.05, 0) is 36.7 Å². The van der Waals surface area contributed by atoms with E-state index in [1.807, 2.05) is 12.1 Å². The highest BCUT2D eigenvalue weighted by Crippen LogP contribution is 2.22. The Hall–Kier alpha value is -1.94. The Morgan fingerprint density at radius 2 is 2.00 bits per heavy atom. The summed E-state index contributed by atoms with van der Waals surface area (Å²) in [5.41, 5.74) is 2.57. The molecule has 4 heteroatoms. The lowest BCUT2D eigenvalue weighted by Gasteiger charge is -2.08. The second-order valence-corrected chi connectivity index (χ2v) is 4.57. The van der Waals surface area contributed by atoms with Crippen molar-refractivity contribution in [1.82, 2.24) is 10.3 Å². The lowest BCUT2D eigenvalue weighted by atomic mass is 10.0. The van der Waals surface area contributed by atoms with Crippen LogP contribution in [-0.2, 0) is 6.54 Å². The van der Waals surface area contributed by atoms with Crippen molar-refractivity contribution in [2.45, 2.75) is 19.9 Å². The third-order valence-corrected chi connectivity index (χ3v) is 3.07. The molecule has 0 fully saturated rings. The molecule has 0 saturated heterocycles. The summed E-state index contributed by atoms with van der Waals surface area (Å²) in [6.45, 7) is 3.51. The van der Waals surface area contributed by atoms with Gasteiger partial charge >= 0.3 is 0 Å². The van der Waals surface area contributed by atoms with Gasteiger partial charge in [-0.15, -0.1) is 0 Å². The van der Waals surface area contributed by atoms with Gasteiger partial charge in [0, 0.05) is 29.9 Å². The predicted octanol–water partition coefficient (Wildman–Crippen LogP) is 3.40. The van der Waals surface area contributed by atoms with Crippen LogP contribution >= 0.6 is 0 Å². The van der Waals surface area contributed by atoms with Crippen molar-refractivity contribution in [3.8, 4) is 17.0 Å². The lowest BCUT2D eigenvalue weighted by Crippen LogP contribution is -2.14. The zero-order chi connectivity index (χ0) is 14.4. The first-order chi connectivity index (χ1) is 9.74. The van der Waals surface area contributed by atoms with Crippen LogP contribution in [0.5, 0.6) is 5.88 Å². The highest BCUT2D eigenvalue weighted by atomic mass is 19.1. The van der Waals surface area contributed by atoms with E-state index in [2.05, 4.69) is 17.2 Å². The van der Waals surface area contributed by atoms with E-state index in [0.717, 1.165) is 24.1 Å². The summed E-state index contributed by atoms with van der Waals surface area (Å²) in [5.74, 6) is 0.388. The Bertz CT molecular complexity index is 555. The Labute approximate surface area is 118 Å². The maximum atomic E-state index is 13.8. The molecule has 0 unspecified atom stereocenters. The fourth-order valence-corrected chi connectivity index (χ4v) is 1.96. The summed E-state index contributed by atoms with van der Waals surface area (Å²) in [5, 5.41) is 3.21. The van der Waals surface area contributed by atoms with E-state index in [1.54, 1.807) is 25.4 Å². The normalized spacial score (nSPS) is 10.6. The predicted molar refractivity (Wildman–Crippen MR) is 78.2 cm³/mol. The first-order valence-corrected chi connectivity index (χ1v) is 6.74. The zero-order valence-corrected chi connectivity index (χ0v) is 11.8. The Morgan fingerprint density at radius 1 is 1.20 bits per heavy atom. The molecule has 2 aromatic rings. The minimum absolute atomic E-state index is 0.182. The molecular formula is C16H19FN2O. The van der Waals surface area contributed by atoms with Crippen molar-refractivity contribution in [1.29, 1.82) is 0 Å². The summed E-state index contributed by atoms with van der Waals surface area (Å²) in [6.07, 6.45) is 2.76. The summed E-state index contributed by atoms with van der Waals surface area (Å²) >= 11 is 0. The summed E-state index contributed by atoms with van der Waals surface area (Å²) in [4.78, 5) is 4.17. The minimum atomic E-state index is -0.182. The van der Waals surface area contributed by atoms with E-state index in [4.69, 9.17) is 4.74 Å². The monoisotopic (exact) mass is 274 g/mol. The topological polar surface area (TPSA) is 34.1 Å². The molecule has 1 N–H and O–H groups in total. The van der Waals surface area contributed by atoms with Crippen LogP contribution in [0.25, 0.3) is 11.1 Å². The van der Waals surface area contributed by atoms with Gasteiger partial charge in [-0.1, -0.05) is 13.0 Å². The highest BCUT2D eigenvalue weighted by molar-refractivity contribution is 5.63. The molecule has 1 aromatic carbocycles. The number of rotatable bonds is 6. The molecular weight excluding hydrogens is 255 g/mol. The maximum absolute atomic E-state index is 13.8. The molecule has 0 amide bonds. The molecule has 2 rings (SSSR count). The van der Waals surface area contributed by atoms with Crippen LogP contribution in [0.15, 0.2) is 36.5 Å². The zero-order valence-electron chi connectivity index (χ0n) is 11.8. The van der Waals surface area contributed by atoms with Crippen molar-refractivity contribution in [3.63, 3.8) is 0 Å². The summed E-state index contributed by atoms with van der Waals surface area (Å²) < 4.78 is 18.8. The highest BCUT2D eigenvalue weighted by Gasteiger charge is 2.05. The van der Waals surface area contributed by atoms with Gasteiger partial charge in [-0.3, -0.25) is 0 Å². The first-order valence-electron chi connectivity index (χ1n) is 6.74. The second-order valence-electron chi connectivity index (χ2n) is 4.57. The largest absolute Gasteiger partial charge is 0.481 e. The van der Waals surface area contributed by atoms with Crippen molar-refractivity contribution >= 4 is 0 Å². The minimum Gasteiger partial charge on any atom is -0.481 e. The smallest absolute Gasteiger partial charge is 0.212 e. The molecule has 0 spiro atoms. The first kappa shape index (κ1) is 14.5. The van der Waals surface area contributed by atoms with Gasteiger partial charge < -0.3 is 10.1 Å². The molecule has 0 saturated carbocycles. The van der Waals surface area contributed by atoms with Crippen molar-refractivity contribution in [2.24, 2.45) is 0 Å². The number of halogens is 1. The summed E-state index contributed by atoms with van der Waals surface area (Å²) in [7, 11) is 1.58. The van der Waals surface area contributed by atoms with E-state index >= 15 is 0 Å². The van der Waals surface area contributed by atoms with Gasteiger partial charge in [0.1, 0.15) is 5.82 Å². The van der Waals surface area contributed by atoms with Gasteiger partial charge in [0.05, 0.1) is 7.11 Å². The van der Waals surface area contributed by atoms with Gasteiger partial charge in [0.15, 0.2) is 0 Å². The molecule has 0 bridgehead atoms. The number of hydrogen-bond acceptors (Lipinski definition) is 3. The van der Waals surface area contributed by atoms with Crippen LogP contribution in [0.3, 0.4) is 0 Å². The van der Waals surface area contributed by atoms with E-state index in [1.165, 1.54) is 6.07 Å². The summed E-state index contributed by atoms with van der Waals surface area (Å²) in [6, 6.07) is 8.85. The molecule has 1 heterocycles. The number of aromatic nitrogens is 1. The maximum Gasteiger partial charge on any atom is 0.212 e. The standard InChI is InChI=1S/C16H19FN2O/c1-3-8-18-10-14-9-12(4-6-15(14)17)13-5-7-16(20-2)19-11-13/h4-7,9,11,18H,3,8,10H2,1-2H3. The third kappa shape index (κ3) is 3.54. The van der Waals surface area contributed by atoms with Gasteiger partial charge in [-0.2, -0.15) is 0 Å². The van der Waals surface area contributed by atoms with Crippen LogP contribution < -0.4 is 10.1 Å². The van der Waals surface area contributed by atoms with Crippen LogP contribution in [0.4, 0.5) is 4.39 Å². The van der Waals surface area contributed by atoms with Crippen LogP contribution in [-0.4, -0.2) is 18.6 Å². The molecule has 0 aliphatic heterocycles. The van der Waals surface area contributed by atoms with Gasteiger partial charge in [-0.25, -0.2) is 9.37 Å². The van der Waals surface area contributed by atoms with E-state index in [-0.39, 0.29) is 5.82 Å². The van der Waals surface area contributed by atoms with Crippen LogP contribution in [0.1, 0.15) is 18.9 Å². The van der Waals surface area contributed by atoms with Crippen LogP contribution in [0.2, 0.25) is 0 Å². The number of methoxy groups -OCH3 is 1. The Morgan fingerprint density at radius 3 is 2.65 bits per heavy atom. The van der Waals surface area contributed by atoms with Crippen molar-refractivity contribution in [3.05, 3.63) is 47.9 Å². The van der Waals surface area contributed by atoms with Gasteiger partial charge in [0.2, 0.25) is 5.88 Å². The average molecular weight is 274 g/mol. The lowest BCUT2D eigenvalue weighted by molar-refractivity contribution is 0.398. The molecule has 0 atom stereocenters. The van der Waals surface area contributed by atoms with Crippen LogP contribution in [0, 0.1) is 5.82 Å². The number of hydrogen-bond donors (Lipinski definition) is 1. The molecule has 0 radical (unpaired) electrons. The Balaban J connectivity index is 2.20. The fraction of sp³-hybridized carbons (Fsp3) is 0.312. The van der Waals surface area contributed by atoms with E-state index in [0.29, 0.717) is 18.0 Å². The molecule has 20 heavy (non-hydrogen) atoms. The molecule has 1 aromatic heterocycles.